The highest BCUT2D eigenvalue weighted by molar-refractivity contribution is 5.78. The summed E-state index contributed by atoms with van der Waals surface area (Å²) in [6, 6.07) is 0. The predicted molar refractivity (Wildman–Crippen MR) is 81.0 cm³/mol. The summed E-state index contributed by atoms with van der Waals surface area (Å²) in [4.78, 5) is 27.9. The van der Waals surface area contributed by atoms with Crippen molar-refractivity contribution >= 4 is 11.9 Å². The molecular weight excluding hydrogens is 268 g/mol. The number of carbonyl (C=O) groups excluding carboxylic acids is 1. The minimum Gasteiger partial charge on any atom is -0.481 e. The quantitative estimate of drug-likeness (QED) is 0.859. The Kier molecular flexibility index (Phi) is 5.25. The van der Waals surface area contributed by atoms with E-state index in [-0.39, 0.29) is 5.91 Å². The van der Waals surface area contributed by atoms with Gasteiger partial charge in [-0.05, 0) is 51.1 Å². The molecule has 2 aliphatic heterocycles. The minimum absolute atomic E-state index is 0.209. The Hall–Kier alpha value is -1.10. The van der Waals surface area contributed by atoms with Crippen LogP contribution in [0, 0.1) is 11.3 Å². The largest absolute Gasteiger partial charge is 0.481 e. The molecule has 0 aromatic heterocycles. The second-order valence-electron chi connectivity index (χ2n) is 6.80. The molecule has 1 amide bonds. The molecular formula is C16H28N2O3. The molecule has 0 saturated carbocycles. The average Bonchev–Trinajstić information content (AvgIpc) is 2.48. The van der Waals surface area contributed by atoms with Crippen molar-refractivity contribution in [3.63, 3.8) is 0 Å². The van der Waals surface area contributed by atoms with Crippen molar-refractivity contribution in [2.24, 2.45) is 11.3 Å². The van der Waals surface area contributed by atoms with Crippen molar-refractivity contribution in [2.75, 3.05) is 32.7 Å². The molecule has 5 heteroatoms. The van der Waals surface area contributed by atoms with Crippen LogP contribution in [0.3, 0.4) is 0 Å². The second kappa shape index (κ2) is 6.77. The van der Waals surface area contributed by atoms with E-state index in [9.17, 15) is 14.7 Å². The summed E-state index contributed by atoms with van der Waals surface area (Å²) in [5, 5.41) is 9.40. The fourth-order valence-electron chi connectivity index (χ4n) is 3.57. The van der Waals surface area contributed by atoms with E-state index in [1.54, 1.807) is 0 Å². The Morgan fingerprint density at radius 1 is 1.24 bits per heavy atom. The fraction of sp³-hybridized carbons (Fsp3) is 0.875. The van der Waals surface area contributed by atoms with Crippen LogP contribution in [0.5, 0.6) is 0 Å². The number of likely N-dealkylation sites (tertiary alicyclic amines) is 2. The summed E-state index contributed by atoms with van der Waals surface area (Å²) in [7, 11) is 0. The van der Waals surface area contributed by atoms with Crippen LogP contribution in [0.1, 0.15) is 46.0 Å². The lowest BCUT2D eigenvalue weighted by Gasteiger charge is -2.39. The van der Waals surface area contributed by atoms with Gasteiger partial charge in [0.15, 0.2) is 0 Å². The SMILES string of the molecule is CCC1(C(=O)O)CCN(CC(=O)N2CCCC(C)C2)CC1. The smallest absolute Gasteiger partial charge is 0.309 e. The van der Waals surface area contributed by atoms with Crippen LogP contribution < -0.4 is 0 Å². The first-order chi connectivity index (χ1) is 9.97. The van der Waals surface area contributed by atoms with E-state index >= 15 is 0 Å². The molecule has 2 aliphatic rings. The summed E-state index contributed by atoms with van der Waals surface area (Å²) >= 11 is 0. The van der Waals surface area contributed by atoms with Crippen molar-refractivity contribution in [1.29, 1.82) is 0 Å². The van der Waals surface area contributed by atoms with E-state index in [2.05, 4.69) is 11.8 Å². The van der Waals surface area contributed by atoms with Gasteiger partial charge in [-0.25, -0.2) is 0 Å². The van der Waals surface area contributed by atoms with Crippen LogP contribution >= 0.6 is 0 Å². The number of rotatable bonds is 4. The molecule has 2 fully saturated rings. The number of carboxylic acid groups (broad SMARTS) is 1. The average molecular weight is 296 g/mol. The molecule has 5 nitrogen and oxygen atoms in total. The van der Waals surface area contributed by atoms with E-state index in [0.29, 0.717) is 31.7 Å². The standard InChI is InChI=1S/C16H28N2O3/c1-3-16(15(20)21)6-9-17(10-7-16)12-14(19)18-8-4-5-13(2)11-18/h13H,3-12H2,1-2H3,(H,20,21). The topological polar surface area (TPSA) is 60.9 Å². The first kappa shape index (κ1) is 16.3. The summed E-state index contributed by atoms with van der Waals surface area (Å²) in [6.07, 6.45) is 4.30. The Morgan fingerprint density at radius 2 is 1.90 bits per heavy atom. The third kappa shape index (κ3) is 3.76. The van der Waals surface area contributed by atoms with Gasteiger partial charge in [-0.3, -0.25) is 14.5 Å². The van der Waals surface area contributed by atoms with Gasteiger partial charge >= 0.3 is 5.97 Å². The number of piperidine rings is 2. The van der Waals surface area contributed by atoms with Crippen molar-refractivity contribution in [3.05, 3.63) is 0 Å². The lowest BCUT2D eigenvalue weighted by Crippen LogP contribution is -2.49. The molecule has 0 spiro atoms. The highest BCUT2D eigenvalue weighted by Gasteiger charge is 2.40. The van der Waals surface area contributed by atoms with Crippen molar-refractivity contribution in [2.45, 2.75) is 46.0 Å². The molecule has 0 radical (unpaired) electrons. The number of hydrogen-bond donors (Lipinski definition) is 1. The van der Waals surface area contributed by atoms with Crippen molar-refractivity contribution in [1.82, 2.24) is 9.80 Å². The molecule has 1 N–H and O–H groups in total. The zero-order chi connectivity index (χ0) is 15.5. The number of aliphatic carboxylic acids is 1. The predicted octanol–water partition coefficient (Wildman–Crippen LogP) is 1.82. The molecule has 21 heavy (non-hydrogen) atoms. The maximum Gasteiger partial charge on any atom is 0.309 e. The van der Waals surface area contributed by atoms with E-state index in [1.807, 2.05) is 11.8 Å². The van der Waals surface area contributed by atoms with Crippen LogP contribution in [-0.4, -0.2) is 59.5 Å². The van der Waals surface area contributed by atoms with Crippen LogP contribution in [0.2, 0.25) is 0 Å². The third-order valence-corrected chi connectivity index (χ3v) is 5.31. The zero-order valence-corrected chi connectivity index (χ0v) is 13.3. The number of amides is 1. The molecule has 1 unspecified atom stereocenters. The van der Waals surface area contributed by atoms with Gasteiger partial charge in [-0.1, -0.05) is 13.8 Å². The van der Waals surface area contributed by atoms with Crippen molar-refractivity contribution in [3.8, 4) is 0 Å². The molecule has 120 valence electrons. The molecule has 2 saturated heterocycles. The highest BCUT2D eigenvalue weighted by Crippen LogP contribution is 2.35. The lowest BCUT2D eigenvalue weighted by molar-refractivity contribution is -0.152. The van der Waals surface area contributed by atoms with E-state index < -0.39 is 11.4 Å². The number of carbonyl (C=O) groups is 2. The Morgan fingerprint density at radius 3 is 2.43 bits per heavy atom. The first-order valence-electron chi connectivity index (χ1n) is 8.20. The third-order valence-electron chi connectivity index (χ3n) is 5.31. The Bertz CT molecular complexity index is 389. The van der Waals surface area contributed by atoms with Gasteiger partial charge in [0.1, 0.15) is 0 Å². The lowest BCUT2D eigenvalue weighted by atomic mass is 9.76. The van der Waals surface area contributed by atoms with Gasteiger partial charge in [0.05, 0.1) is 12.0 Å². The van der Waals surface area contributed by atoms with E-state index in [0.717, 1.165) is 32.6 Å². The number of carboxylic acids is 1. The highest BCUT2D eigenvalue weighted by atomic mass is 16.4. The van der Waals surface area contributed by atoms with Crippen molar-refractivity contribution < 1.29 is 14.7 Å². The fourth-order valence-corrected chi connectivity index (χ4v) is 3.57. The molecule has 0 aromatic rings. The maximum atomic E-state index is 12.3. The summed E-state index contributed by atoms with van der Waals surface area (Å²) < 4.78 is 0. The van der Waals surface area contributed by atoms with E-state index in [4.69, 9.17) is 0 Å². The van der Waals surface area contributed by atoms with Gasteiger partial charge in [0.2, 0.25) is 5.91 Å². The van der Waals surface area contributed by atoms with Crippen LogP contribution in [0.25, 0.3) is 0 Å². The summed E-state index contributed by atoms with van der Waals surface area (Å²) in [5.74, 6) is 0.130. The van der Waals surface area contributed by atoms with E-state index in [1.165, 1.54) is 6.42 Å². The van der Waals surface area contributed by atoms with Crippen LogP contribution in [-0.2, 0) is 9.59 Å². The molecule has 2 heterocycles. The van der Waals surface area contributed by atoms with Gasteiger partial charge in [-0.2, -0.15) is 0 Å². The first-order valence-corrected chi connectivity index (χ1v) is 8.20. The maximum absolute atomic E-state index is 12.3. The Balaban J connectivity index is 1.83. The minimum atomic E-state index is -0.680. The monoisotopic (exact) mass is 296 g/mol. The molecule has 2 rings (SSSR count). The van der Waals surface area contributed by atoms with Gasteiger partial charge < -0.3 is 10.0 Å². The molecule has 0 aliphatic carbocycles. The van der Waals surface area contributed by atoms with Gasteiger partial charge in [-0.15, -0.1) is 0 Å². The number of nitrogens with zero attached hydrogens (tertiary/aromatic N) is 2. The molecule has 1 atom stereocenters. The zero-order valence-electron chi connectivity index (χ0n) is 13.3. The second-order valence-corrected chi connectivity index (χ2v) is 6.80. The Labute approximate surface area is 127 Å². The molecule has 0 aromatic carbocycles. The normalized spacial score (nSPS) is 26.6. The van der Waals surface area contributed by atoms with Gasteiger partial charge in [0, 0.05) is 13.1 Å². The molecule has 0 bridgehead atoms. The number of hydrogen-bond acceptors (Lipinski definition) is 3. The summed E-state index contributed by atoms with van der Waals surface area (Å²) in [5.41, 5.74) is -0.570. The van der Waals surface area contributed by atoms with Gasteiger partial charge in [0.25, 0.3) is 0 Å². The summed E-state index contributed by atoms with van der Waals surface area (Å²) in [6.45, 7) is 7.79. The van der Waals surface area contributed by atoms with Crippen LogP contribution in [0.15, 0.2) is 0 Å². The van der Waals surface area contributed by atoms with Crippen LogP contribution in [0.4, 0.5) is 0 Å².